The van der Waals surface area contributed by atoms with E-state index in [1.807, 2.05) is 6.07 Å². The zero-order valence-corrected chi connectivity index (χ0v) is 12.0. The molecule has 4 heteroatoms. The lowest BCUT2D eigenvalue weighted by molar-refractivity contribution is 0.249. The molecule has 1 heterocycles. The van der Waals surface area contributed by atoms with Gasteiger partial charge in [-0.05, 0) is 49.7 Å². The van der Waals surface area contributed by atoms with Gasteiger partial charge in [0.2, 0.25) is 0 Å². The molecular weight excluding hydrogens is 238 g/mol. The minimum absolute atomic E-state index is 0.211. The van der Waals surface area contributed by atoms with E-state index in [2.05, 4.69) is 42.9 Å². The summed E-state index contributed by atoms with van der Waals surface area (Å²) in [4.78, 5) is 6.44. The van der Waals surface area contributed by atoms with Crippen LogP contribution in [0, 0.1) is 5.41 Å². The van der Waals surface area contributed by atoms with Crippen LogP contribution in [-0.2, 0) is 6.54 Å². The van der Waals surface area contributed by atoms with Gasteiger partial charge in [-0.15, -0.1) is 0 Å². The smallest absolute Gasteiger partial charge is 0.181 e. The van der Waals surface area contributed by atoms with Crippen molar-refractivity contribution in [3.05, 3.63) is 30.2 Å². The van der Waals surface area contributed by atoms with Gasteiger partial charge in [-0.3, -0.25) is 0 Å². The third-order valence-corrected chi connectivity index (χ3v) is 3.57. The number of nitrogens with zero attached hydrogens (tertiary/aromatic N) is 2. The van der Waals surface area contributed by atoms with Crippen LogP contribution in [0.4, 0.5) is 0 Å². The number of nitrogens with two attached hydrogens (primary N) is 1. The molecule has 2 N–H and O–H groups in total. The monoisotopic (exact) mass is 261 g/mol. The standard InChI is InChI=1S/C15H23N3O/c1-15(2,10-16)6-7-18(3)9-12-4-5-13-14(8-12)19-11-17-13/h4-5,8,11H,6-7,9-10,16H2,1-3H3. The van der Waals surface area contributed by atoms with E-state index < -0.39 is 0 Å². The number of hydrogen-bond donors (Lipinski definition) is 1. The van der Waals surface area contributed by atoms with Gasteiger partial charge in [0.15, 0.2) is 12.0 Å². The lowest BCUT2D eigenvalue weighted by Gasteiger charge is -2.26. The van der Waals surface area contributed by atoms with E-state index in [0.29, 0.717) is 0 Å². The Morgan fingerprint density at radius 3 is 2.89 bits per heavy atom. The van der Waals surface area contributed by atoms with Crippen molar-refractivity contribution in [3.63, 3.8) is 0 Å². The third kappa shape index (κ3) is 3.78. The summed E-state index contributed by atoms with van der Waals surface area (Å²) in [6.07, 6.45) is 2.59. The first-order valence-corrected chi connectivity index (χ1v) is 6.71. The predicted octanol–water partition coefficient (Wildman–Crippen LogP) is 2.63. The molecule has 0 aliphatic carbocycles. The second kappa shape index (κ2) is 5.72. The Morgan fingerprint density at radius 1 is 1.37 bits per heavy atom. The Hall–Kier alpha value is -1.39. The van der Waals surface area contributed by atoms with Crippen LogP contribution in [0.15, 0.2) is 29.0 Å². The molecule has 4 nitrogen and oxygen atoms in total. The highest BCUT2D eigenvalue weighted by atomic mass is 16.3. The molecule has 0 saturated carbocycles. The maximum absolute atomic E-state index is 5.76. The molecule has 1 aromatic heterocycles. The van der Waals surface area contributed by atoms with E-state index in [0.717, 1.165) is 37.2 Å². The second-order valence-electron chi connectivity index (χ2n) is 6.01. The van der Waals surface area contributed by atoms with Crippen LogP contribution in [0.3, 0.4) is 0 Å². The summed E-state index contributed by atoms with van der Waals surface area (Å²) in [6.45, 7) is 7.10. The fourth-order valence-corrected chi connectivity index (χ4v) is 1.98. The fraction of sp³-hybridized carbons (Fsp3) is 0.533. The molecule has 1 aromatic carbocycles. The zero-order valence-electron chi connectivity index (χ0n) is 12.0. The molecule has 0 atom stereocenters. The summed E-state index contributed by atoms with van der Waals surface area (Å²) in [5, 5.41) is 0. The number of aromatic nitrogens is 1. The largest absolute Gasteiger partial charge is 0.443 e. The van der Waals surface area contributed by atoms with E-state index in [1.54, 1.807) is 0 Å². The number of hydrogen-bond acceptors (Lipinski definition) is 4. The van der Waals surface area contributed by atoms with Gasteiger partial charge in [-0.2, -0.15) is 0 Å². The summed E-state index contributed by atoms with van der Waals surface area (Å²) in [7, 11) is 2.14. The summed E-state index contributed by atoms with van der Waals surface area (Å²) in [5.41, 5.74) is 8.98. The van der Waals surface area contributed by atoms with E-state index >= 15 is 0 Å². The molecular formula is C15H23N3O. The molecule has 0 aliphatic heterocycles. The van der Waals surface area contributed by atoms with Gasteiger partial charge in [0.1, 0.15) is 5.52 Å². The maximum atomic E-state index is 5.76. The van der Waals surface area contributed by atoms with Crippen molar-refractivity contribution in [1.82, 2.24) is 9.88 Å². The minimum atomic E-state index is 0.211. The Balaban J connectivity index is 1.92. The van der Waals surface area contributed by atoms with Gasteiger partial charge >= 0.3 is 0 Å². The molecule has 0 amide bonds. The van der Waals surface area contributed by atoms with Crippen LogP contribution in [0.25, 0.3) is 11.1 Å². The second-order valence-corrected chi connectivity index (χ2v) is 6.01. The van der Waals surface area contributed by atoms with Crippen LogP contribution in [0.5, 0.6) is 0 Å². The number of fused-ring (bicyclic) bond motifs is 1. The summed E-state index contributed by atoms with van der Waals surface area (Å²) in [5.74, 6) is 0. The number of rotatable bonds is 6. The molecule has 2 aromatic rings. The number of benzene rings is 1. The van der Waals surface area contributed by atoms with Gasteiger partial charge in [0.05, 0.1) is 0 Å². The molecule has 19 heavy (non-hydrogen) atoms. The first-order valence-electron chi connectivity index (χ1n) is 6.71. The molecule has 0 spiro atoms. The van der Waals surface area contributed by atoms with Crippen molar-refractivity contribution in [2.75, 3.05) is 20.1 Å². The summed E-state index contributed by atoms with van der Waals surface area (Å²) >= 11 is 0. The molecule has 0 unspecified atom stereocenters. The van der Waals surface area contributed by atoms with Crippen molar-refractivity contribution in [1.29, 1.82) is 0 Å². The quantitative estimate of drug-likeness (QED) is 0.868. The predicted molar refractivity (Wildman–Crippen MR) is 77.8 cm³/mol. The Bertz CT molecular complexity index is 533. The Labute approximate surface area is 114 Å². The van der Waals surface area contributed by atoms with Crippen molar-refractivity contribution in [2.24, 2.45) is 11.1 Å². The van der Waals surface area contributed by atoms with E-state index in [9.17, 15) is 0 Å². The van der Waals surface area contributed by atoms with Gasteiger partial charge in [0, 0.05) is 6.54 Å². The molecule has 0 radical (unpaired) electrons. The Morgan fingerprint density at radius 2 is 2.16 bits per heavy atom. The average molecular weight is 261 g/mol. The molecule has 2 rings (SSSR count). The zero-order chi connectivity index (χ0) is 13.9. The average Bonchev–Trinajstić information content (AvgIpc) is 2.84. The SMILES string of the molecule is CN(CCC(C)(C)CN)Cc1ccc2ncoc2c1. The topological polar surface area (TPSA) is 55.3 Å². The van der Waals surface area contributed by atoms with Crippen LogP contribution >= 0.6 is 0 Å². The van der Waals surface area contributed by atoms with Crippen molar-refractivity contribution in [3.8, 4) is 0 Å². The first-order chi connectivity index (χ1) is 9.00. The van der Waals surface area contributed by atoms with Gasteiger partial charge in [0.25, 0.3) is 0 Å². The van der Waals surface area contributed by atoms with Gasteiger partial charge in [-0.25, -0.2) is 4.98 Å². The van der Waals surface area contributed by atoms with E-state index in [-0.39, 0.29) is 5.41 Å². The van der Waals surface area contributed by atoms with E-state index in [1.165, 1.54) is 12.0 Å². The molecule has 0 bridgehead atoms. The number of oxazole rings is 1. The van der Waals surface area contributed by atoms with Crippen molar-refractivity contribution < 1.29 is 4.42 Å². The van der Waals surface area contributed by atoms with Gasteiger partial charge in [-0.1, -0.05) is 19.9 Å². The minimum Gasteiger partial charge on any atom is -0.443 e. The van der Waals surface area contributed by atoms with Crippen molar-refractivity contribution in [2.45, 2.75) is 26.8 Å². The van der Waals surface area contributed by atoms with Crippen LogP contribution in [0.1, 0.15) is 25.8 Å². The summed E-state index contributed by atoms with van der Waals surface area (Å²) < 4.78 is 5.33. The van der Waals surface area contributed by atoms with Crippen LogP contribution < -0.4 is 5.73 Å². The molecule has 0 saturated heterocycles. The lowest BCUT2D eigenvalue weighted by atomic mass is 9.89. The highest BCUT2D eigenvalue weighted by molar-refractivity contribution is 5.72. The molecule has 104 valence electrons. The third-order valence-electron chi connectivity index (χ3n) is 3.57. The maximum Gasteiger partial charge on any atom is 0.181 e. The van der Waals surface area contributed by atoms with E-state index in [4.69, 9.17) is 10.2 Å². The lowest BCUT2D eigenvalue weighted by Crippen LogP contribution is -2.29. The van der Waals surface area contributed by atoms with Gasteiger partial charge < -0.3 is 15.1 Å². The van der Waals surface area contributed by atoms with Crippen molar-refractivity contribution >= 4 is 11.1 Å². The Kier molecular flexibility index (Phi) is 4.22. The normalized spacial score (nSPS) is 12.5. The highest BCUT2D eigenvalue weighted by Crippen LogP contribution is 2.19. The summed E-state index contributed by atoms with van der Waals surface area (Å²) in [6, 6.07) is 6.17. The molecule has 0 aliphatic rings. The van der Waals surface area contributed by atoms with Crippen LogP contribution in [0.2, 0.25) is 0 Å². The highest BCUT2D eigenvalue weighted by Gasteiger charge is 2.16. The first kappa shape index (κ1) is 14.0. The molecule has 0 fully saturated rings. The fourth-order valence-electron chi connectivity index (χ4n) is 1.98. The van der Waals surface area contributed by atoms with Crippen LogP contribution in [-0.4, -0.2) is 30.0 Å².